The Morgan fingerprint density at radius 3 is 2.88 bits per heavy atom. The van der Waals surface area contributed by atoms with Crippen LogP contribution in [0.2, 0.25) is 0 Å². The Morgan fingerprint density at radius 1 is 1.35 bits per heavy atom. The largest absolute Gasteiger partial charge is 0.383 e. The fraction of sp³-hybridized carbons (Fsp3) is 1.00. The number of ether oxygens (including phenoxy) is 1. The third-order valence-corrected chi connectivity index (χ3v) is 3.61. The van der Waals surface area contributed by atoms with E-state index in [2.05, 4.69) is 24.1 Å². The van der Waals surface area contributed by atoms with E-state index in [9.17, 15) is 0 Å². The van der Waals surface area contributed by atoms with Crippen molar-refractivity contribution >= 4 is 0 Å². The quantitative estimate of drug-likeness (QED) is 0.660. The molecule has 17 heavy (non-hydrogen) atoms. The number of methoxy groups -OCH3 is 1. The molecule has 1 aliphatic heterocycles. The van der Waals surface area contributed by atoms with Crippen LogP contribution in [0.4, 0.5) is 0 Å². The van der Waals surface area contributed by atoms with Gasteiger partial charge in [-0.05, 0) is 38.3 Å². The van der Waals surface area contributed by atoms with Crippen molar-refractivity contribution < 1.29 is 4.74 Å². The standard InChI is InChI=1S/C14H30N2O/c1-13(2)7-10-16-9-5-4-6-14(16)12-15-8-11-17-3/h13-15H,4-12H2,1-3H3. The monoisotopic (exact) mass is 242 g/mol. The molecular formula is C14H30N2O. The summed E-state index contributed by atoms with van der Waals surface area (Å²) in [4.78, 5) is 2.68. The Hall–Kier alpha value is -0.120. The minimum atomic E-state index is 0.749. The molecule has 0 bridgehead atoms. The van der Waals surface area contributed by atoms with Gasteiger partial charge in [0.15, 0.2) is 0 Å². The number of piperidine rings is 1. The van der Waals surface area contributed by atoms with Crippen LogP contribution in [0.5, 0.6) is 0 Å². The number of nitrogens with one attached hydrogen (secondary N) is 1. The summed E-state index contributed by atoms with van der Waals surface area (Å²) in [7, 11) is 1.76. The molecular weight excluding hydrogens is 212 g/mol. The van der Waals surface area contributed by atoms with E-state index >= 15 is 0 Å². The molecule has 0 aliphatic carbocycles. The van der Waals surface area contributed by atoms with Gasteiger partial charge in [0.25, 0.3) is 0 Å². The molecule has 1 heterocycles. The number of rotatable bonds is 8. The van der Waals surface area contributed by atoms with Gasteiger partial charge < -0.3 is 10.1 Å². The zero-order valence-electron chi connectivity index (χ0n) is 11.9. The van der Waals surface area contributed by atoms with Gasteiger partial charge in [-0.2, -0.15) is 0 Å². The Labute approximate surface area is 107 Å². The van der Waals surface area contributed by atoms with E-state index in [0.29, 0.717) is 0 Å². The molecule has 1 rings (SSSR count). The minimum absolute atomic E-state index is 0.749. The molecule has 0 spiro atoms. The smallest absolute Gasteiger partial charge is 0.0587 e. The fourth-order valence-corrected chi connectivity index (χ4v) is 2.45. The van der Waals surface area contributed by atoms with Gasteiger partial charge in [0.05, 0.1) is 6.61 Å². The summed E-state index contributed by atoms with van der Waals surface area (Å²) in [5.41, 5.74) is 0. The number of hydrogen-bond acceptors (Lipinski definition) is 3. The molecule has 0 radical (unpaired) electrons. The van der Waals surface area contributed by atoms with Gasteiger partial charge in [0.2, 0.25) is 0 Å². The lowest BCUT2D eigenvalue weighted by Crippen LogP contribution is -2.46. The summed E-state index contributed by atoms with van der Waals surface area (Å²) < 4.78 is 5.06. The van der Waals surface area contributed by atoms with E-state index in [1.165, 1.54) is 38.8 Å². The fourth-order valence-electron chi connectivity index (χ4n) is 2.45. The molecule has 1 fully saturated rings. The van der Waals surface area contributed by atoms with Gasteiger partial charge in [0.1, 0.15) is 0 Å². The molecule has 3 nitrogen and oxygen atoms in total. The van der Waals surface area contributed by atoms with Crippen molar-refractivity contribution in [3.05, 3.63) is 0 Å². The van der Waals surface area contributed by atoms with Crippen molar-refractivity contribution in [2.24, 2.45) is 5.92 Å². The average molecular weight is 242 g/mol. The first-order chi connectivity index (χ1) is 8.24. The van der Waals surface area contributed by atoms with E-state index < -0.39 is 0 Å². The van der Waals surface area contributed by atoms with Crippen molar-refractivity contribution in [3.63, 3.8) is 0 Å². The third-order valence-electron chi connectivity index (χ3n) is 3.61. The maximum atomic E-state index is 5.06. The highest BCUT2D eigenvalue weighted by atomic mass is 16.5. The topological polar surface area (TPSA) is 24.5 Å². The summed E-state index contributed by atoms with van der Waals surface area (Å²) in [6, 6.07) is 0.749. The van der Waals surface area contributed by atoms with Gasteiger partial charge in [-0.1, -0.05) is 20.3 Å². The molecule has 0 saturated carbocycles. The van der Waals surface area contributed by atoms with Crippen LogP contribution in [0.3, 0.4) is 0 Å². The van der Waals surface area contributed by atoms with E-state index in [-0.39, 0.29) is 0 Å². The summed E-state index contributed by atoms with van der Waals surface area (Å²) in [6.07, 6.45) is 5.47. The molecule has 0 aromatic heterocycles. The average Bonchev–Trinajstić information content (AvgIpc) is 2.33. The molecule has 102 valence electrons. The van der Waals surface area contributed by atoms with Gasteiger partial charge in [-0.15, -0.1) is 0 Å². The Morgan fingerprint density at radius 2 is 2.18 bits per heavy atom. The van der Waals surface area contributed by atoms with Crippen LogP contribution >= 0.6 is 0 Å². The minimum Gasteiger partial charge on any atom is -0.383 e. The Kier molecular flexibility index (Phi) is 7.82. The summed E-state index contributed by atoms with van der Waals surface area (Å²) in [6.45, 7) is 10.1. The van der Waals surface area contributed by atoms with E-state index in [0.717, 1.165) is 31.7 Å². The first kappa shape index (κ1) is 14.9. The lowest BCUT2D eigenvalue weighted by atomic mass is 10.0. The van der Waals surface area contributed by atoms with Gasteiger partial charge in [-0.3, -0.25) is 4.90 Å². The van der Waals surface area contributed by atoms with Crippen LogP contribution in [0.15, 0.2) is 0 Å². The summed E-state index contributed by atoms with van der Waals surface area (Å²) >= 11 is 0. The molecule has 0 amide bonds. The van der Waals surface area contributed by atoms with Crippen molar-refractivity contribution in [3.8, 4) is 0 Å². The lowest BCUT2D eigenvalue weighted by molar-refractivity contribution is 0.134. The SMILES string of the molecule is COCCNCC1CCCCN1CCC(C)C. The van der Waals surface area contributed by atoms with Gasteiger partial charge in [0, 0.05) is 26.2 Å². The van der Waals surface area contributed by atoms with Crippen molar-refractivity contribution in [1.29, 1.82) is 0 Å². The van der Waals surface area contributed by atoms with Crippen molar-refractivity contribution in [2.45, 2.75) is 45.6 Å². The van der Waals surface area contributed by atoms with E-state index in [1.807, 2.05) is 0 Å². The zero-order chi connectivity index (χ0) is 12.5. The normalized spacial score (nSPS) is 22.2. The van der Waals surface area contributed by atoms with E-state index in [4.69, 9.17) is 4.74 Å². The van der Waals surface area contributed by atoms with Crippen molar-refractivity contribution in [2.75, 3.05) is 39.9 Å². The van der Waals surface area contributed by atoms with Gasteiger partial charge >= 0.3 is 0 Å². The highest BCUT2D eigenvalue weighted by Gasteiger charge is 2.21. The van der Waals surface area contributed by atoms with Crippen LogP contribution < -0.4 is 5.32 Å². The van der Waals surface area contributed by atoms with Crippen molar-refractivity contribution in [1.82, 2.24) is 10.2 Å². The van der Waals surface area contributed by atoms with E-state index in [1.54, 1.807) is 7.11 Å². The van der Waals surface area contributed by atoms with Gasteiger partial charge in [-0.25, -0.2) is 0 Å². The first-order valence-corrected chi connectivity index (χ1v) is 7.17. The number of hydrogen-bond donors (Lipinski definition) is 1. The molecule has 1 aliphatic rings. The maximum absolute atomic E-state index is 5.06. The Bertz CT molecular complexity index is 185. The second-order valence-corrected chi connectivity index (χ2v) is 5.57. The molecule has 0 aromatic carbocycles. The molecule has 3 heteroatoms. The van der Waals surface area contributed by atoms with Crippen LogP contribution in [0.1, 0.15) is 39.5 Å². The third kappa shape index (κ3) is 6.39. The maximum Gasteiger partial charge on any atom is 0.0587 e. The van der Waals surface area contributed by atoms with Crippen LogP contribution in [0.25, 0.3) is 0 Å². The summed E-state index contributed by atoms with van der Waals surface area (Å²) in [5.74, 6) is 0.819. The predicted octanol–water partition coefficient (Wildman–Crippen LogP) is 2.12. The molecule has 1 unspecified atom stereocenters. The summed E-state index contributed by atoms with van der Waals surface area (Å²) in [5, 5.41) is 3.51. The predicted molar refractivity (Wildman–Crippen MR) is 73.4 cm³/mol. The molecule has 0 aromatic rings. The second kappa shape index (κ2) is 8.90. The molecule has 1 N–H and O–H groups in total. The van der Waals surface area contributed by atoms with Crippen LogP contribution in [0, 0.1) is 5.92 Å². The number of nitrogens with zero attached hydrogens (tertiary/aromatic N) is 1. The van der Waals surface area contributed by atoms with Crippen LogP contribution in [-0.4, -0.2) is 50.8 Å². The molecule has 1 saturated heterocycles. The van der Waals surface area contributed by atoms with Crippen LogP contribution in [-0.2, 0) is 4.74 Å². The first-order valence-electron chi connectivity index (χ1n) is 7.17. The lowest BCUT2D eigenvalue weighted by Gasteiger charge is -2.36. The molecule has 1 atom stereocenters. The zero-order valence-corrected chi connectivity index (χ0v) is 11.9. The second-order valence-electron chi connectivity index (χ2n) is 5.57. The number of likely N-dealkylation sites (tertiary alicyclic amines) is 1. The highest BCUT2D eigenvalue weighted by Crippen LogP contribution is 2.17. The Balaban J connectivity index is 2.22. The highest BCUT2D eigenvalue weighted by molar-refractivity contribution is 4.78.